The summed E-state index contributed by atoms with van der Waals surface area (Å²) in [5.41, 5.74) is 0.631. The van der Waals surface area contributed by atoms with Gasteiger partial charge in [0.2, 0.25) is 5.91 Å². The molecule has 0 bridgehead atoms. The van der Waals surface area contributed by atoms with E-state index in [1.165, 1.54) is 5.01 Å². The minimum Gasteiger partial charge on any atom is -0.352 e. The van der Waals surface area contributed by atoms with Crippen LogP contribution in [0.2, 0.25) is 10.0 Å². The summed E-state index contributed by atoms with van der Waals surface area (Å²) in [6.45, 7) is 0.603. The fourth-order valence-corrected chi connectivity index (χ4v) is 4.75. The van der Waals surface area contributed by atoms with E-state index >= 15 is 0 Å². The third-order valence-electron chi connectivity index (χ3n) is 4.93. The van der Waals surface area contributed by atoms with Crippen LogP contribution in [0.15, 0.2) is 40.0 Å². The number of pyridine rings is 1. The van der Waals surface area contributed by atoms with Gasteiger partial charge in [-0.05, 0) is 74.9 Å². The van der Waals surface area contributed by atoms with Gasteiger partial charge in [0.05, 0.1) is 16.3 Å². The van der Waals surface area contributed by atoms with Gasteiger partial charge in [-0.1, -0.05) is 23.2 Å². The lowest BCUT2D eigenvalue weighted by Crippen LogP contribution is -2.39. The van der Waals surface area contributed by atoms with E-state index in [2.05, 4.69) is 52.6 Å². The van der Waals surface area contributed by atoms with Crippen LogP contribution < -0.4 is 15.6 Å². The Hall–Kier alpha value is -1.68. The topological polar surface area (TPSA) is 86.7 Å². The molecule has 11 heteroatoms. The van der Waals surface area contributed by atoms with Gasteiger partial charge in [-0.25, -0.2) is 9.99 Å². The third-order valence-corrected chi connectivity index (χ3v) is 6.55. The van der Waals surface area contributed by atoms with Crippen molar-refractivity contribution in [3.8, 4) is 0 Å². The molecule has 2 aromatic rings. The Morgan fingerprint density at radius 3 is 2.71 bits per heavy atom. The molecule has 2 heterocycles. The quantitative estimate of drug-likeness (QED) is 0.484. The molecule has 1 aliphatic heterocycles. The van der Waals surface area contributed by atoms with Crippen LogP contribution in [-0.2, 0) is 4.79 Å². The number of benzene rings is 1. The molecular weight excluding hydrogens is 573 g/mol. The summed E-state index contributed by atoms with van der Waals surface area (Å²) in [5.74, 6) is 0.240. The van der Waals surface area contributed by atoms with E-state index in [0.717, 1.165) is 12.8 Å². The zero-order valence-electron chi connectivity index (χ0n) is 16.0. The smallest absolute Gasteiger partial charge is 0.253 e. The lowest BCUT2D eigenvalue weighted by Gasteiger charge is -2.23. The van der Waals surface area contributed by atoms with Gasteiger partial charge in [0, 0.05) is 28.7 Å². The average molecular weight is 590 g/mol. The fraction of sp³-hybridized carbons (Fsp3) is 0.300. The number of carbonyl (C=O) groups is 2. The van der Waals surface area contributed by atoms with Crippen LogP contribution in [0.25, 0.3) is 0 Å². The number of hydrogen-bond donors (Lipinski definition) is 2. The lowest BCUT2D eigenvalue weighted by atomic mass is 10.1. The fourth-order valence-electron chi connectivity index (χ4n) is 3.16. The number of hydrazone groups is 1. The summed E-state index contributed by atoms with van der Waals surface area (Å²) in [7, 11) is 0. The molecule has 4 rings (SSSR count). The van der Waals surface area contributed by atoms with Crippen molar-refractivity contribution < 1.29 is 9.59 Å². The maximum Gasteiger partial charge on any atom is 0.253 e. The van der Waals surface area contributed by atoms with E-state index in [1.807, 2.05) is 0 Å². The number of rotatable bonds is 6. The molecule has 1 fully saturated rings. The van der Waals surface area contributed by atoms with Gasteiger partial charge in [0.25, 0.3) is 5.91 Å². The van der Waals surface area contributed by atoms with Gasteiger partial charge in [0.1, 0.15) is 10.7 Å². The third kappa shape index (κ3) is 5.22. The van der Waals surface area contributed by atoms with E-state index in [-0.39, 0.29) is 17.4 Å². The molecule has 31 heavy (non-hydrogen) atoms. The first-order chi connectivity index (χ1) is 14.8. The van der Waals surface area contributed by atoms with Gasteiger partial charge in [-0.3, -0.25) is 9.59 Å². The van der Waals surface area contributed by atoms with E-state index in [1.54, 1.807) is 30.5 Å². The Morgan fingerprint density at radius 1 is 1.23 bits per heavy atom. The molecule has 2 amide bonds. The molecule has 1 saturated carbocycles. The molecule has 1 aromatic heterocycles. The normalized spacial score (nSPS) is 18.0. The van der Waals surface area contributed by atoms with Crippen molar-refractivity contribution in [2.45, 2.75) is 25.3 Å². The van der Waals surface area contributed by atoms with Crippen molar-refractivity contribution in [3.05, 3.63) is 50.5 Å². The standard InChI is InChI=1S/C20H17Br2Cl2N5O2/c21-13-7-11(23)6-12(19(30)26-9-10-3-4-10)17(13)27-20(31)15-8-16(22)28-29(15)18-14(24)2-1-5-25-18/h1-2,5-7,10,15H,3-4,8-9H2,(H,26,30)(H,27,31). The molecular formula is C20H17Br2Cl2N5O2. The second-order valence-corrected chi connectivity index (χ2v) is 9.92. The zero-order chi connectivity index (χ0) is 22.1. The largest absolute Gasteiger partial charge is 0.352 e. The number of aromatic nitrogens is 1. The van der Waals surface area contributed by atoms with E-state index in [0.29, 0.717) is 49.5 Å². The average Bonchev–Trinajstić information content (AvgIpc) is 3.48. The van der Waals surface area contributed by atoms with Crippen LogP contribution in [0.1, 0.15) is 29.6 Å². The van der Waals surface area contributed by atoms with Crippen molar-refractivity contribution in [2.75, 3.05) is 16.9 Å². The van der Waals surface area contributed by atoms with Crippen molar-refractivity contribution in [3.63, 3.8) is 0 Å². The van der Waals surface area contributed by atoms with Crippen LogP contribution in [-0.4, -0.2) is 34.0 Å². The maximum atomic E-state index is 13.2. The van der Waals surface area contributed by atoms with Crippen LogP contribution in [0.4, 0.5) is 11.5 Å². The van der Waals surface area contributed by atoms with E-state index in [9.17, 15) is 9.59 Å². The van der Waals surface area contributed by atoms with Gasteiger partial charge < -0.3 is 10.6 Å². The number of nitrogens with zero attached hydrogens (tertiary/aromatic N) is 3. The molecule has 1 unspecified atom stereocenters. The van der Waals surface area contributed by atoms with Crippen LogP contribution in [0.5, 0.6) is 0 Å². The molecule has 0 radical (unpaired) electrons. The Balaban J connectivity index is 1.59. The summed E-state index contributed by atoms with van der Waals surface area (Å²) in [6.07, 6.45) is 4.14. The molecule has 1 atom stereocenters. The molecule has 2 aliphatic rings. The maximum absolute atomic E-state index is 13.2. The second-order valence-electron chi connectivity index (χ2n) is 7.30. The first kappa shape index (κ1) is 22.5. The number of amides is 2. The summed E-state index contributed by atoms with van der Waals surface area (Å²) in [4.78, 5) is 30.3. The minimum absolute atomic E-state index is 0.286. The van der Waals surface area contributed by atoms with Gasteiger partial charge in [-0.15, -0.1) is 0 Å². The Kier molecular flexibility index (Phi) is 6.86. The number of nitrogens with one attached hydrogen (secondary N) is 2. The monoisotopic (exact) mass is 587 g/mol. The van der Waals surface area contributed by atoms with Crippen molar-refractivity contribution in [1.82, 2.24) is 10.3 Å². The lowest BCUT2D eigenvalue weighted by molar-refractivity contribution is -0.117. The molecule has 1 aliphatic carbocycles. The zero-order valence-corrected chi connectivity index (χ0v) is 20.7. The van der Waals surface area contributed by atoms with Crippen molar-refractivity contribution in [2.24, 2.45) is 11.0 Å². The first-order valence-electron chi connectivity index (χ1n) is 9.54. The number of anilines is 2. The van der Waals surface area contributed by atoms with Gasteiger partial charge >= 0.3 is 0 Å². The molecule has 2 N–H and O–H groups in total. The summed E-state index contributed by atoms with van der Waals surface area (Å²) in [5, 5.41) is 12.4. The van der Waals surface area contributed by atoms with Crippen molar-refractivity contribution >= 4 is 83.0 Å². The highest BCUT2D eigenvalue weighted by molar-refractivity contribution is 9.18. The van der Waals surface area contributed by atoms with Crippen LogP contribution >= 0.6 is 55.1 Å². The van der Waals surface area contributed by atoms with E-state index < -0.39 is 6.04 Å². The number of hydrogen-bond acceptors (Lipinski definition) is 5. The summed E-state index contributed by atoms with van der Waals surface area (Å²) in [6, 6.07) is 5.85. The predicted molar refractivity (Wildman–Crippen MR) is 129 cm³/mol. The van der Waals surface area contributed by atoms with Gasteiger partial charge in [0.15, 0.2) is 5.82 Å². The number of halogens is 4. The van der Waals surface area contributed by atoms with E-state index in [4.69, 9.17) is 23.2 Å². The second kappa shape index (κ2) is 9.44. The summed E-state index contributed by atoms with van der Waals surface area (Å²) >= 11 is 19.2. The predicted octanol–water partition coefficient (Wildman–Crippen LogP) is 5.22. The Morgan fingerprint density at radius 2 is 2.00 bits per heavy atom. The molecule has 0 saturated heterocycles. The molecule has 1 aromatic carbocycles. The Bertz CT molecular complexity index is 1080. The highest BCUT2D eigenvalue weighted by Crippen LogP contribution is 2.34. The first-order valence-corrected chi connectivity index (χ1v) is 11.9. The highest BCUT2D eigenvalue weighted by atomic mass is 79.9. The minimum atomic E-state index is -0.702. The number of carbonyl (C=O) groups excluding carboxylic acids is 2. The highest BCUT2D eigenvalue weighted by Gasteiger charge is 2.35. The molecule has 162 valence electrons. The molecule has 7 nitrogen and oxygen atoms in total. The van der Waals surface area contributed by atoms with Crippen molar-refractivity contribution in [1.29, 1.82) is 0 Å². The van der Waals surface area contributed by atoms with Gasteiger partial charge in [-0.2, -0.15) is 5.10 Å². The van der Waals surface area contributed by atoms with Crippen LogP contribution in [0, 0.1) is 5.92 Å². The summed E-state index contributed by atoms with van der Waals surface area (Å²) < 4.78 is 1.09. The molecule has 0 spiro atoms. The van der Waals surface area contributed by atoms with Crippen LogP contribution in [0.3, 0.4) is 0 Å². The SMILES string of the molecule is O=C(NCC1CC1)c1cc(Cl)cc(Br)c1NC(=O)C1CC(Br)=NN1c1ncccc1Cl. The Labute approximate surface area is 205 Å².